The summed E-state index contributed by atoms with van der Waals surface area (Å²) in [5.41, 5.74) is 3.32. The highest BCUT2D eigenvalue weighted by atomic mass is 79.9. The van der Waals surface area contributed by atoms with Crippen LogP contribution in [0, 0.1) is 6.92 Å². The van der Waals surface area contributed by atoms with Crippen molar-refractivity contribution in [3.05, 3.63) is 46.6 Å². The quantitative estimate of drug-likeness (QED) is 0.930. The third-order valence-corrected chi connectivity index (χ3v) is 3.21. The Bertz CT molecular complexity index is 552. The normalized spacial score (nSPS) is 10.2. The molecule has 0 atom stereocenters. The molecule has 0 fully saturated rings. The van der Waals surface area contributed by atoms with E-state index in [2.05, 4.69) is 43.3 Å². The van der Waals surface area contributed by atoms with Gasteiger partial charge in [0.1, 0.15) is 5.82 Å². The first-order valence-corrected chi connectivity index (χ1v) is 6.52. The smallest absolute Gasteiger partial charge is 0.144 e. The number of hydrogen-bond donors (Lipinski definition) is 1. The summed E-state index contributed by atoms with van der Waals surface area (Å²) in [6.45, 7) is 2.02. The lowest BCUT2D eigenvalue weighted by Crippen LogP contribution is -2.08. The van der Waals surface area contributed by atoms with Crippen LogP contribution in [0.25, 0.3) is 0 Å². The van der Waals surface area contributed by atoms with E-state index in [1.165, 1.54) is 0 Å². The number of hydrogen-bond acceptors (Lipinski definition) is 3. The summed E-state index contributed by atoms with van der Waals surface area (Å²) in [5, 5.41) is 3.31. The molecule has 1 heterocycles. The molecule has 2 aromatic rings. The van der Waals surface area contributed by atoms with Crippen molar-refractivity contribution in [2.45, 2.75) is 6.92 Å². The summed E-state index contributed by atoms with van der Waals surface area (Å²) >= 11 is 3.52. The third kappa shape index (κ3) is 3.01. The van der Waals surface area contributed by atoms with Crippen molar-refractivity contribution in [3.63, 3.8) is 0 Å². The Morgan fingerprint density at radius 3 is 2.67 bits per heavy atom. The van der Waals surface area contributed by atoms with E-state index in [1.807, 2.05) is 45.4 Å². The van der Waals surface area contributed by atoms with Gasteiger partial charge in [0, 0.05) is 31.7 Å². The summed E-state index contributed by atoms with van der Waals surface area (Å²) in [6, 6.07) is 10.3. The van der Waals surface area contributed by atoms with Crippen LogP contribution in [0.3, 0.4) is 0 Å². The number of aryl methyl sites for hydroxylation is 1. The van der Waals surface area contributed by atoms with Gasteiger partial charge in [0.05, 0.1) is 4.47 Å². The van der Waals surface area contributed by atoms with Crippen molar-refractivity contribution in [3.8, 4) is 0 Å². The van der Waals surface area contributed by atoms with Crippen LogP contribution in [-0.2, 0) is 0 Å². The van der Waals surface area contributed by atoms with E-state index in [-0.39, 0.29) is 0 Å². The lowest BCUT2D eigenvalue weighted by atomic mass is 10.2. The first-order valence-electron chi connectivity index (χ1n) is 5.73. The monoisotopic (exact) mass is 305 g/mol. The highest BCUT2D eigenvalue weighted by molar-refractivity contribution is 9.10. The third-order valence-electron chi connectivity index (χ3n) is 2.60. The van der Waals surface area contributed by atoms with Crippen molar-refractivity contribution < 1.29 is 0 Å². The number of benzene rings is 1. The fraction of sp³-hybridized carbons (Fsp3) is 0.214. The molecule has 0 aliphatic heterocycles. The molecule has 0 saturated heterocycles. The van der Waals surface area contributed by atoms with Gasteiger partial charge in [-0.3, -0.25) is 0 Å². The van der Waals surface area contributed by atoms with Crippen molar-refractivity contribution in [2.75, 3.05) is 24.3 Å². The number of rotatable bonds is 3. The van der Waals surface area contributed by atoms with E-state index in [9.17, 15) is 0 Å². The first kappa shape index (κ1) is 12.9. The minimum Gasteiger partial charge on any atom is -0.378 e. The van der Waals surface area contributed by atoms with Crippen LogP contribution in [-0.4, -0.2) is 19.1 Å². The molecular formula is C14H16BrN3. The summed E-state index contributed by atoms with van der Waals surface area (Å²) in [4.78, 5) is 6.45. The summed E-state index contributed by atoms with van der Waals surface area (Å²) in [7, 11) is 4.05. The van der Waals surface area contributed by atoms with Crippen LogP contribution < -0.4 is 10.2 Å². The molecule has 0 spiro atoms. The largest absolute Gasteiger partial charge is 0.378 e. The Hall–Kier alpha value is -1.55. The van der Waals surface area contributed by atoms with E-state index < -0.39 is 0 Å². The molecule has 0 bridgehead atoms. The molecule has 0 amide bonds. The Labute approximate surface area is 116 Å². The van der Waals surface area contributed by atoms with Gasteiger partial charge in [0.2, 0.25) is 0 Å². The Morgan fingerprint density at radius 2 is 2.00 bits per heavy atom. The average molecular weight is 306 g/mol. The van der Waals surface area contributed by atoms with E-state index in [0.29, 0.717) is 0 Å². The molecular weight excluding hydrogens is 290 g/mol. The molecule has 4 heteroatoms. The summed E-state index contributed by atoms with van der Waals surface area (Å²) in [6.07, 6.45) is 1.85. The fourth-order valence-electron chi connectivity index (χ4n) is 1.62. The maximum absolute atomic E-state index is 4.38. The van der Waals surface area contributed by atoms with Gasteiger partial charge in [-0.25, -0.2) is 4.98 Å². The van der Waals surface area contributed by atoms with Crippen LogP contribution in [0.2, 0.25) is 0 Å². The van der Waals surface area contributed by atoms with E-state index in [1.54, 1.807) is 0 Å². The van der Waals surface area contributed by atoms with Crippen molar-refractivity contribution in [1.29, 1.82) is 0 Å². The Kier molecular flexibility index (Phi) is 3.87. The van der Waals surface area contributed by atoms with Gasteiger partial charge in [-0.1, -0.05) is 6.07 Å². The molecule has 0 unspecified atom stereocenters. The predicted octanol–water partition coefficient (Wildman–Crippen LogP) is 3.96. The SMILES string of the molecule is Cc1cnc(Nc2cccc(N(C)C)c2)c(Br)c1. The van der Waals surface area contributed by atoms with Gasteiger partial charge in [0.15, 0.2) is 0 Å². The van der Waals surface area contributed by atoms with Gasteiger partial charge in [-0.15, -0.1) is 0 Å². The van der Waals surface area contributed by atoms with Crippen molar-refractivity contribution in [2.24, 2.45) is 0 Å². The molecule has 94 valence electrons. The molecule has 3 nitrogen and oxygen atoms in total. The van der Waals surface area contributed by atoms with Crippen LogP contribution in [0.15, 0.2) is 41.0 Å². The maximum Gasteiger partial charge on any atom is 0.144 e. The molecule has 1 aromatic carbocycles. The van der Waals surface area contributed by atoms with Crippen LogP contribution >= 0.6 is 15.9 Å². The van der Waals surface area contributed by atoms with E-state index in [0.717, 1.165) is 27.2 Å². The number of anilines is 3. The molecule has 0 aliphatic rings. The zero-order chi connectivity index (χ0) is 13.1. The Balaban J connectivity index is 2.25. The van der Waals surface area contributed by atoms with Crippen LogP contribution in [0.5, 0.6) is 0 Å². The minimum atomic E-state index is 0.830. The van der Waals surface area contributed by atoms with Crippen LogP contribution in [0.1, 0.15) is 5.56 Å². The Morgan fingerprint density at radius 1 is 1.22 bits per heavy atom. The predicted molar refractivity (Wildman–Crippen MR) is 80.7 cm³/mol. The van der Waals surface area contributed by atoms with Gasteiger partial charge in [-0.2, -0.15) is 0 Å². The van der Waals surface area contributed by atoms with Gasteiger partial charge in [-0.05, 0) is 52.7 Å². The zero-order valence-electron chi connectivity index (χ0n) is 10.7. The number of aromatic nitrogens is 1. The second kappa shape index (κ2) is 5.40. The fourth-order valence-corrected chi connectivity index (χ4v) is 2.19. The lowest BCUT2D eigenvalue weighted by molar-refractivity contribution is 1.13. The van der Waals surface area contributed by atoms with Gasteiger partial charge >= 0.3 is 0 Å². The molecule has 0 radical (unpaired) electrons. The molecule has 18 heavy (non-hydrogen) atoms. The standard InChI is InChI=1S/C14H16BrN3/c1-10-7-13(15)14(16-9-10)17-11-5-4-6-12(8-11)18(2)3/h4-9H,1-3H3,(H,16,17). The topological polar surface area (TPSA) is 28.2 Å². The molecule has 0 aliphatic carbocycles. The molecule has 2 rings (SSSR count). The highest BCUT2D eigenvalue weighted by Gasteiger charge is 2.03. The minimum absolute atomic E-state index is 0.830. The van der Waals surface area contributed by atoms with Gasteiger partial charge in [0.25, 0.3) is 0 Å². The molecule has 1 aromatic heterocycles. The number of pyridine rings is 1. The summed E-state index contributed by atoms with van der Waals surface area (Å²) < 4.78 is 0.970. The van der Waals surface area contributed by atoms with Crippen LogP contribution in [0.4, 0.5) is 17.2 Å². The van der Waals surface area contributed by atoms with E-state index >= 15 is 0 Å². The molecule has 0 saturated carbocycles. The number of nitrogens with one attached hydrogen (secondary N) is 1. The molecule has 1 N–H and O–H groups in total. The second-order valence-corrected chi connectivity index (χ2v) is 5.27. The van der Waals surface area contributed by atoms with E-state index in [4.69, 9.17) is 0 Å². The zero-order valence-corrected chi connectivity index (χ0v) is 12.3. The van der Waals surface area contributed by atoms with Crippen molar-refractivity contribution in [1.82, 2.24) is 4.98 Å². The summed E-state index contributed by atoms with van der Waals surface area (Å²) in [5.74, 6) is 0.830. The van der Waals surface area contributed by atoms with Gasteiger partial charge < -0.3 is 10.2 Å². The number of nitrogens with zero attached hydrogens (tertiary/aromatic N) is 2. The first-order chi connectivity index (χ1) is 8.56. The maximum atomic E-state index is 4.38. The average Bonchev–Trinajstić information content (AvgIpc) is 2.33. The highest BCUT2D eigenvalue weighted by Crippen LogP contribution is 2.26. The second-order valence-electron chi connectivity index (χ2n) is 4.41. The number of halogens is 1. The van der Waals surface area contributed by atoms with Crippen molar-refractivity contribution >= 4 is 33.1 Å². The lowest BCUT2D eigenvalue weighted by Gasteiger charge is -2.14.